The number of nitrogens with one attached hydrogen (secondary N) is 1. The Morgan fingerprint density at radius 3 is 2.37 bits per heavy atom. The van der Waals surface area contributed by atoms with Crippen LogP contribution in [0.5, 0.6) is 11.5 Å². The van der Waals surface area contributed by atoms with Gasteiger partial charge < -0.3 is 14.8 Å². The van der Waals surface area contributed by atoms with Crippen molar-refractivity contribution in [2.45, 2.75) is 27.3 Å². The Morgan fingerprint density at radius 1 is 0.852 bits per heavy atom. The van der Waals surface area contributed by atoms with Gasteiger partial charge in [-0.1, -0.05) is 30.3 Å². The van der Waals surface area contributed by atoms with E-state index in [1.54, 1.807) is 6.20 Å². The van der Waals surface area contributed by atoms with Crippen LogP contribution < -0.4 is 14.8 Å². The van der Waals surface area contributed by atoms with E-state index in [4.69, 9.17) is 9.47 Å². The molecule has 0 fully saturated rings. The number of aryl methyl sites for hydroxylation is 2. The highest BCUT2D eigenvalue weighted by Crippen LogP contribution is 2.23. The van der Waals surface area contributed by atoms with E-state index in [1.165, 1.54) is 16.7 Å². The minimum Gasteiger partial charge on any atom is -0.490 e. The highest BCUT2D eigenvalue weighted by Gasteiger charge is 2.06. The van der Waals surface area contributed by atoms with Crippen LogP contribution in [0, 0.1) is 20.8 Å². The van der Waals surface area contributed by atoms with Crippen molar-refractivity contribution in [1.29, 1.82) is 0 Å². The fourth-order valence-electron chi connectivity index (χ4n) is 2.90. The lowest BCUT2D eigenvalue weighted by Crippen LogP contribution is -2.11. The number of hydrogen-bond donors (Lipinski definition) is 1. The summed E-state index contributed by atoms with van der Waals surface area (Å²) < 4.78 is 11.9. The SMILES string of the molecule is Cc1cc(C)c(C)c(OCCOc2ccccc2CNc2ccccn2)c1. The number of hydrogen-bond acceptors (Lipinski definition) is 4. The molecule has 0 aliphatic rings. The molecular weight excluding hydrogens is 336 g/mol. The second-order valence-electron chi connectivity index (χ2n) is 6.58. The lowest BCUT2D eigenvalue weighted by molar-refractivity contribution is 0.215. The molecule has 0 saturated heterocycles. The van der Waals surface area contributed by atoms with Crippen molar-refractivity contribution in [3.05, 3.63) is 83.0 Å². The van der Waals surface area contributed by atoms with Crippen LogP contribution in [0.4, 0.5) is 5.82 Å². The van der Waals surface area contributed by atoms with Crippen LogP contribution in [-0.2, 0) is 6.54 Å². The van der Waals surface area contributed by atoms with Crippen LogP contribution in [0.15, 0.2) is 60.8 Å². The first-order valence-corrected chi connectivity index (χ1v) is 9.20. The first-order valence-electron chi connectivity index (χ1n) is 9.20. The van der Waals surface area contributed by atoms with Crippen molar-refractivity contribution in [2.75, 3.05) is 18.5 Å². The molecule has 1 aromatic heterocycles. The Bertz CT molecular complexity index is 879. The second-order valence-corrected chi connectivity index (χ2v) is 6.58. The zero-order valence-corrected chi connectivity index (χ0v) is 16.2. The van der Waals surface area contributed by atoms with E-state index in [2.05, 4.69) is 49.3 Å². The van der Waals surface area contributed by atoms with Crippen molar-refractivity contribution < 1.29 is 9.47 Å². The molecule has 4 nitrogen and oxygen atoms in total. The lowest BCUT2D eigenvalue weighted by atomic mass is 10.1. The lowest BCUT2D eigenvalue weighted by Gasteiger charge is -2.15. The van der Waals surface area contributed by atoms with Gasteiger partial charge >= 0.3 is 0 Å². The summed E-state index contributed by atoms with van der Waals surface area (Å²) in [6.07, 6.45) is 1.77. The summed E-state index contributed by atoms with van der Waals surface area (Å²) in [4.78, 5) is 4.28. The summed E-state index contributed by atoms with van der Waals surface area (Å²) in [6.45, 7) is 7.93. The average molecular weight is 362 g/mol. The molecular formula is C23H26N2O2. The fourth-order valence-corrected chi connectivity index (χ4v) is 2.90. The van der Waals surface area contributed by atoms with Crippen molar-refractivity contribution in [2.24, 2.45) is 0 Å². The Morgan fingerprint density at radius 2 is 1.59 bits per heavy atom. The molecule has 3 aromatic rings. The number of pyridine rings is 1. The van der Waals surface area contributed by atoms with Gasteiger partial charge in [0, 0.05) is 18.3 Å². The van der Waals surface area contributed by atoms with Crippen LogP contribution in [0.25, 0.3) is 0 Å². The minimum atomic E-state index is 0.493. The molecule has 0 aliphatic carbocycles. The largest absolute Gasteiger partial charge is 0.490 e. The summed E-state index contributed by atoms with van der Waals surface area (Å²) >= 11 is 0. The average Bonchev–Trinajstić information content (AvgIpc) is 2.68. The number of nitrogens with zero attached hydrogens (tertiary/aromatic N) is 1. The van der Waals surface area contributed by atoms with Crippen LogP contribution in [0.2, 0.25) is 0 Å². The number of rotatable bonds is 8. The van der Waals surface area contributed by atoms with Crippen molar-refractivity contribution in [3.8, 4) is 11.5 Å². The molecule has 0 saturated carbocycles. The minimum absolute atomic E-state index is 0.493. The standard InChI is InChI=1S/C23H26N2O2/c1-17-14-18(2)19(3)22(15-17)27-13-12-26-21-9-5-4-8-20(21)16-25-23-10-6-7-11-24-23/h4-11,14-15H,12-13,16H2,1-3H3,(H,24,25). The quantitative estimate of drug-likeness (QED) is 0.568. The molecule has 4 heteroatoms. The molecule has 0 spiro atoms. The van der Waals surface area contributed by atoms with E-state index in [1.807, 2.05) is 36.4 Å². The molecule has 0 radical (unpaired) electrons. The Hall–Kier alpha value is -3.01. The summed E-state index contributed by atoms with van der Waals surface area (Å²) in [6, 6.07) is 18.1. The number of anilines is 1. The first-order chi connectivity index (χ1) is 13.1. The number of benzene rings is 2. The predicted molar refractivity (Wildman–Crippen MR) is 110 cm³/mol. The van der Waals surface area contributed by atoms with Gasteiger partial charge in [-0.2, -0.15) is 0 Å². The third-order valence-corrected chi connectivity index (χ3v) is 4.46. The van der Waals surface area contributed by atoms with Gasteiger partial charge in [-0.05, 0) is 61.7 Å². The Labute approximate surface area is 161 Å². The molecule has 0 bridgehead atoms. The van der Waals surface area contributed by atoms with Crippen LogP contribution in [0.1, 0.15) is 22.3 Å². The highest BCUT2D eigenvalue weighted by atomic mass is 16.5. The zero-order chi connectivity index (χ0) is 19.1. The zero-order valence-electron chi connectivity index (χ0n) is 16.2. The topological polar surface area (TPSA) is 43.4 Å². The second kappa shape index (κ2) is 9.08. The first kappa shape index (κ1) is 18.8. The molecule has 0 aliphatic heterocycles. The van der Waals surface area contributed by atoms with E-state index < -0.39 is 0 Å². The molecule has 1 heterocycles. The van der Waals surface area contributed by atoms with Gasteiger partial charge in [0.2, 0.25) is 0 Å². The van der Waals surface area contributed by atoms with Gasteiger partial charge in [0.1, 0.15) is 30.5 Å². The summed E-state index contributed by atoms with van der Waals surface area (Å²) in [7, 11) is 0. The molecule has 2 aromatic carbocycles. The number of ether oxygens (including phenoxy) is 2. The fraction of sp³-hybridized carbons (Fsp3) is 0.261. The van der Waals surface area contributed by atoms with Crippen LogP contribution >= 0.6 is 0 Å². The maximum Gasteiger partial charge on any atom is 0.126 e. The van der Waals surface area contributed by atoms with Crippen molar-refractivity contribution in [3.63, 3.8) is 0 Å². The number of aromatic nitrogens is 1. The summed E-state index contributed by atoms with van der Waals surface area (Å²) in [5.74, 6) is 2.64. The maximum atomic E-state index is 5.96. The van der Waals surface area contributed by atoms with E-state index in [9.17, 15) is 0 Å². The van der Waals surface area contributed by atoms with Gasteiger partial charge in [-0.3, -0.25) is 0 Å². The van der Waals surface area contributed by atoms with Gasteiger partial charge in [0.05, 0.1) is 0 Å². The maximum absolute atomic E-state index is 5.96. The van der Waals surface area contributed by atoms with Crippen LogP contribution in [-0.4, -0.2) is 18.2 Å². The highest BCUT2D eigenvalue weighted by molar-refractivity contribution is 5.42. The van der Waals surface area contributed by atoms with Crippen molar-refractivity contribution >= 4 is 5.82 Å². The molecule has 3 rings (SSSR count). The van der Waals surface area contributed by atoms with Crippen LogP contribution in [0.3, 0.4) is 0 Å². The molecule has 0 atom stereocenters. The van der Waals surface area contributed by atoms with Gasteiger partial charge in [0.15, 0.2) is 0 Å². The predicted octanol–water partition coefficient (Wildman–Crippen LogP) is 5.08. The molecule has 0 unspecified atom stereocenters. The third-order valence-electron chi connectivity index (χ3n) is 4.46. The van der Waals surface area contributed by atoms with E-state index >= 15 is 0 Å². The van der Waals surface area contributed by atoms with Crippen molar-refractivity contribution in [1.82, 2.24) is 4.98 Å². The monoisotopic (exact) mass is 362 g/mol. The van der Waals surface area contributed by atoms with Gasteiger partial charge in [-0.15, -0.1) is 0 Å². The number of para-hydroxylation sites is 1. The van der Waals surface area contributed by atoms with E-state index in [0.717, 1.165) is 22.9 Å². The molecule has 140 valence electrons. The van der Waals surface area contributed by atoms with Gasteiger partial charge in [-0.25, -0.2) is 4.98 Å². The Kier molecular flexibility index (Phi) is 6.31. The molecule has 27 heavy (non-hydrogen) atoms. The Balaban J connectivity index is 1.54. The molecule has 1 N–H and O–H groups in total. The summed E-state index contributed by atoms with van der Waals surface area (Å²) in [5, 5.41) is 3.32. The van der Waals surface area contributed by atoms with E-state index in [-0.39, 0.29) is 0 Å². The third kappa shape index (κ3) is 5.23. The summed E-state index contributed by atoms with van der Waals surface area (Å²) in [5.41, 5.74) is 4.73. The van der Waals surface area contributed by atoms with Gasteiger partial charge in [0.25, 0.3) is 0 Å². The molecule has 0 amide bonds. The van der Waals surface area contributed by atoms with E-state index in [0.29, 0.717) is 19.8 Å². The smallest absolute Gasteiger partial charge is 0.126 e. The normalized spacial score (nSPS) is 10.5.